The lowest BCUT2D eigenvalue weighted by molar-refractivity contribution is 0.386. The van der Waals surface area contributed by atoms with Crippen LogP contribution in [-0.4, -0.2) is 13.7 Å². The van der Waals surface area contributed by atoms with Crippen molar-refractivity contribution in [1.82, 2.24) is 5.32 Å². The Kier molecular flexibility index (Phi) is 5.18. The number of hydrogen-bond donors (Lipinski definition) is 1. The predicted molar refractivity (Wildman–Crippen MR) is 85.2 cm³/mol. The first-order chi connectivity index (χ1) is 9.56. The van der Waals surface area contributed by atoms with Crippen LogP contribution in [0.15, 0.2) is 28.1 Å². The molecule has 1 aromatic heterocycles. The summed E-state index contributed by atoms with van der Waals surface area (Å²) < 4.78 is 20.0. The van der Waals surface area contributed by atoms with E-state index >= 15 is 0 Å². The Bertz CT molecular complexity index is 580. The molecule has 0 saturated heterocycles. The fraction of sp³-hybridized carbons (Fsp3) is 0.333. The van der Waals surface area contributed by atoms with E-state index in [-0.39, 0.29) is 17.6 Å². The van der Waals surface area contributed by atoms with Crippen LogP contribution in [0.4, 0.5) is 4.39 Å². The average Bonchev–Trinajstić information content (AvgIpc) is 2.75. The van der Waals surface area contributed by atoms with E-state index in [2.05, 4.69) is 34.2 Å². The van der Waals surface area contributed by atoms with E-state index in [1.54, 1.807) is 17.4 Å². The number of nitrogens with one attached hydrogen (secondary N) is 1. The fourth-order valence-electron chi connectivity index (χ4n) is 2.07. The second-order valence-corrected chi connectivity index (χ2v) is 6.89. The van der Waals surface area contributed by atoms with Gasteiger partial charge in [0.2, 0.25) is 0 Å². The number of aryl methyl sites for hydroxylation is 1. The molecule has 0 aliphatic heterocycles. The summed E-state index contributed by atoms with van der Waals surface area (Å²) in [5.41, 5.74) is 2.10. The zero-order valence-corrected chi connectivity index (χ0v) is 14.1. The molecule has 20 heavy (non-hydrogen) atoms. The van der Waals surface area contributed by atoms with Crippen molar-refractivity contribution in [1.29, 1.82) is 0 Å². The molecule has 2 nitrogen and oxygen atoms in total. The molecule has 1 atom stereocenters. The number of benzene rings is 1. The maximum absolute atomic E-state index is 13.9. The Labute approximate surface area is 131 Å². The van der Waals surface area contributed by atoms with E-state index in [9.17, 15) is 4.39 Å². The van der Waals surface area contributed by atoms with Crippen molar-refractivity contribution in [3.8, 4) is 5.75 Å². The molecule has 1 unspecified atom stereocenters. The van der Waals surface area contributed by atoms with Crippen LogP contribution in [0.1, 0.15) is 29.0 Å². The third kappa shape index (κ3) is 3.22. The molecule has 0 radical (unpaired) electrons. The van der Waals surface area contributed by atoms with Crippen LogP contribution < -0.4 is 10.1 Å². The zero-order chi connectivity index (χ0) is 14.7. The molecule has 2 rings (SSSR count). The summed E-state index contributed by atoms with van der Waals surface area (Å²) >= 11 is 5.22. The van der Waals surface area contributed by atoms with Gasteiger partial charge in [0, 0.05) is 4.88 Å². The summed E-state index contributed by atoms with van der Waals surface area (Å²) in [7, 11) is 1.47. The van der Waals surface area contributed by atoms with E-state index < -0.39 is 0 Å². The third-order valence-corrected chi connectivity index (χ3v) is 5.28. The number of methoxy groups -OCH3 is 1. The van der Waals surface area contributed by atoms with Crippen LogP contribution in [0, 0.1) is 12.7 Å². The largest absolute Gasteiger partial charge is 0.494 e. The van der Waals surface area contributed by atoms with Crippen LogP contribution in [0.2, 0.25) is 0 Å². The normalized spacial score (nSPS) is 12.4. The molecule has 1 heterocycles. The Hall–Kier alpha value is -0.910. The molecule has 0 spiro atoms. The quantitative estimate of drug-likeness (QED) is 0.839. The summed E-state index contributed by atoms with van der Waals surface area (Å²) in [5, 5.41) is 3.40. The fourth-order valence-corrected chi connectivity index (χ4v) is 3.75. The Morgan fingerprint density at radius 1 is 1.40 bits per heavy atom. The molecule has 1 aromatic carbocycles. The first-order valence-corrected chi connectivity index (χ1v) is 8.00. The first kappa shape index (κ1) is 15.5. The number of hydrogen-bond acceptors (Lipinski definition) is 3. The third-order valence-electron chi connectivity index (χ3n) is 3.08. The van der Waals surface area contributed by atoms with Gasteiger partial charge < -0.3 is 10.1 Å². The highest BCUT2D eigenvalue weighted by molar-refractivity contribution is 9.11. The maximum atomic E-state index is 13.9. The van der Waals surface area contributed by atoms with Gasteiger partial charge in [-0.1, -0.05) is 13.0 Å². The Morgan fingerprint density at radius 3 is 2.65 bits per heavy atom. The second-order valence-electron chi connectivity index (χ2n) is 4.49. The van der Waals surface area contributed by atoms with Crippen molar-refractivity contribution in [2.45, 2.75) is 19.9 Å². The minimum atomic E-state index is -0.333. The first-order valence-electron chi connectivity index (χ1n) is 6.39. The lowest BCUT2D eigenvalue weighted by Crippen LogP contribution is -2.21. The lowest BCUT2D eigenvalue weighted by Gasteiger charge is -2.17. The number of rotatable bonds is 5. The summed E-state index contributed by atoms with van der Waals surface area (Å²) in [6.07, 6.45) is 0. The minimum absolute atomic E-state index is 0.00425. The molecule has 0 aliphatic carbocycles. The van der Waals surface area contributed by atoms with Gasteiger partial charge in [0.25, 0.3) is 0 Å². The van der Waals surface area contributed by atoms with E-state index in [4.69, 9.17) is 4.74 Å². The van der Waals surface area contributed by atoms with Crippen molar-refractivity contribution in [3.63, 3.8) is 0 Å². The van der Waals surface area contributed by atoms with Crippen LogP contribution in [0.5, 0.6) is 5.75 Å². The highest BCUT2D eigenvalue weighted by Gasteiger charge is 2.18. The highest BCUT2D eigenvalue weighted by atomic mass is 79.9. The molecule has 5 heteroatoms. The van der Waals surface area contributed by atoms with Crippen LogP contribution in [0.25, 0.3) is 0 Å². The van der Waals surface area contributed by atoms with Gasteiger partial charge in [0.05, 0.1) is 16.9 Å². The number of ether oxygens (including phenoxy) is 1. The van der Waals surface area contributed by atoms with Gasteiger partial charge >= 0.3 is 0 Å². The molecular weight excluding hydrogens is 341 g/mol. The van der Waals surface area contributed by atoms with Crippen molar-refractivity contribution in [2.75, 3.05) is 13.7 Å². The van der Waals surface area contributed by atoms with Gasteiger partial charge in [-0.3, -0.25) is 0 Å². The second kappa shape index (κ2) is 6.70. The molecule has 0 aliphatic rings. The van der Waals surface area contributed by atoms with Crippen LogP contribution >= 0.6 is 27.3 Å². The van der Waals surface area contributed by atoms with Gasteiger partial charge in [-0.25, -0.2) is 4.39 Å². The minimum Gasteiger partial charge on any atom is -0.494 e. The summed E-state index contributed by atoms with van der Waals surface area (Å²) in [6, 6.07) is 7.23. The standard InChI is InChI=1S/C15H17BrFNOS/c1-4-18-14(13-7-9(2)15(16)20-13)10-5-6-12(19-3)11(17)8-10/h5-8,14,18H,4H2,1-3H3. The molecule has 0 bridgehead atoms. The molecule has 0 amide bonds. The predicted octanol–water partition coefficient (Wildman–Crippen LogP) is 4.67. The molecule has 0 saturated carbocycles. The van der Waals surface area contributed by atoms with Gasteiger partial charge in [0.15, 0.2) is 11.6 Å². The van der Waals surface area contributed by atoms with Gasteiger partial charge in [-0.05, 0) is 58.7 Å². The Balaban J connectivity index is 2.40. The Morgan fingerprint density at radius 2 is 2.15 bits per heavy atom. The lowest BCUT2D eigenvalue weighted by atomic mass is 10.0. The molecule has 0 fully saturated rings. The van der Waals surface area contributed by atoms with Gasteiger partial charge in [-0.2, -0.15) is 0 Å². The van der Waals surface area contributed by atoms with Gasteiger partial charge in [-0.15, -0.1) is 11.3 Å². The smallest absolute Gasteiger partial charge is 0.165 e. The molecular formula is C15H17BrFNOS. The summed E-state index contributed by atoms with van der Waals surface area (Å²) in [6.45, 7) is 4.91. The van der Waals surface area contributed by atoms with Crippen molar-refractivity contribution < 1.29 is 9.13 Å². The van der Waals surface area contributed by atoms with Crippen molar-refractivity contribution >= 4 is 27.3 Å². The maximum Gasteiger partial charge on any atom is 0.165 e. The van der Waals surface area contributed by atoms with Crippen LogP contribution in [-0.2, 0) is 0 Å². The van der Waals surface area contributed by atoms with Gasteiger partial charge in [0.1, 0.15) is 0 Å². The van der Waals surface area contributed by atoms with Crippen molar-refractivity contribution in [3.05, 3.63) is 49.9 Å². The number of halogens is 2. The van der Waals surface area contributed by atoms with Crippen LogP contribution in [0.3, 0.4) is 0 Å². The topological polar surface area (TPSA) is 21.3 Å². The molecule has 2 aromatic rings. The summed E-state index contributed by atoms with van der Waals surface area (Å²) in [4.78, 5) is 1.17. The van der Waals surface area contributed by atoms with E-state index in [0.717, 1.165) is 15.9 Å². The SMILES string of the molecule is CCNC(c1ccc(OC)c(F)c1)c1cc(C)c(Br)s1. The number of thiophene rings is 1. The monoisotopic (exact) mass is 357 g/mol. The molecule has 108 valence electrons. The van der Waals surface area contributed by atoms with E-state index in [1.165, 1.54) is 23.6 Å². The van der Waals surface area contributed by atoms with E-state index in [0.29, 0.717) is 0 Å². The average molecular weight is 358 g/mol. The zero-order valence-electron chi connectivity index (χ0n) is 11.7. The summed E-state index contributed by atoms with van der Waals surface area (Å²) in [5.74, 6) is -0.0622. The van der Waals surface area contributed by atoms with E-state index in [1.807, 2.05) is 13.0 Å². The van der Waals surface area contributed by atoms with Crippen molar-refractivity contribution in [2.24, 2.45) is 0 Å². The molecule has 1 N–H and O–H groups in total. The highest BCUT2D eigenvalue weighted by Crippen LogP contribution is 2.35.